The van der Waals surface area contributed by atoms with E-state index in [9.17, 15) is 27.5 Å². The van der Waals surface area contributed by atoms with E-state index in [2.05, 4.69) is 5.32 Å². The van der Waals surface area contributed by atoms with Gasteiger partial charge in [0.05, 0.1) is 18.6 Å². The van der Waals surface area contributed by atoms with E-state index in [-0.39, 0.29) is 37.4 Å². The average molecular weight is 584 g/mol. The second kappa shape index (κ2) is 12.3. The summed E-state index contributed by atoms with van der Waals surface area (Å²) in [5.74, 6) is -4.29. The molecule has 1 aliphatic rings. The van der Waals surface area contributed by atoms with Gasteiger partial charge in [-0.2, -0.15) is 0 Å². The highest BCUT2D eigenvalue weighted by molar-refractivity contribution is 7.80. The number of benzene rings is 1. The second-order valence-electron chi connectivity index (χ2n) is 10.4. The van der Waals surface area contributed by atoms with Gasteiger partial charge in [-0.15, -0.1) is 0 Å². The number of esters is 1. The molecule has 0 bridgehead atoms. The summed E-state index contributed by atoms with van der Waals surface area (Å²) in [5, 5.41) is 2.47. The lowest BCUT2D eigenvalue weighted by molar-refractivity contribution is -0.150. The molecule has 2 heterocycles. The molecular formula is C26H33F2N4O7S-. The number of halogens is 2. The first-order valence-corrected chi connectivity index (χ1v) is 13.6. The number of likely N-dealkylation sites (tertiary alicyclic amines) is 1. The van der Waals surface area contributed by atoms with Gasteiger partial charge in [-0.25, -0.2) is 13.6 Å². The Hall–Kier alpha value is -3.52. The average Bonchev–Trinajstić information content (AvgIpc) is 3.13. The van der Waals surface area contributed by atoms with Crippen molar-refractivity contribution in [3.63, 3.8) is 0 Å². The van der Waals surface area contributed by atoms with E-state index in [4.69, 9.17) is 9.47 Å². The number of piperidine rings is 1. The highest BCUT2D eigenvalue weighted by Crippen LogP contribution is 2.34. The number of anilines is 2. The number of hydrogen-bond acceptors (Lipinski definition) is 7. The largest absolute Gasteiger partial charge is 0.755 e. The van der Waals surface area contributed by atoms with Gasteiger partial charge in [0, 0.05) is 43.3 Å². The number of nitrogens with zero attached hydrogens (tertiary/aromatic N) is 3. The zero-order valence-electron chi connectivity index (χ0n) is 23.2. The van der Waals surface area contributed by atoms with Crippen LogP contribution < -0.4 is 9.62 Å². The van der Waals surface area contributed by atoms with E-state index < -0.39 is 69.8 Å². The van der Waals surface area contributed by atoms with Crippen molar-refractivity contribution >= 4 is 40.6 Å². The van der Waals surface area contributed by atoms with Gasteiger partial charge >= 0.3 is 12.1 Å². The number of ether oxygens (including phenoxy) is 2. The van der Waals surface area contributed by atoms with Gasteiger partial charge in [0.1, 0.15) is 22.8 Å². The molecule has 1 aliphatic heterocycles. The third kappa shape index (κ3) is 6.97. The fourth-order valence-electron chi connectivity index (χ4n) is 4.46. The second-order valence-corrected chi connectivity index (χ2v) is 11.2. The van der Waals surface area contributed by atoms with Crippen LogP contribution in [0.5, 0.6) is 0 Å². The van der Waals surface area contributed by atoms with Crippen molar-refractivity contribution in [3.8, 4) is 0 Å². The van der Waals surface area contributed by atoms with E-state index in [0.717, 1.165) is 16.8 Å². The van der Waals surface area contributed by atoms with Gasteiger partial charge in [0.15, 0.2) is 5.82 Å². The summed E-state index contributed by atoms with van der Waals surface area (Å²) in [6.45, 7) is 7.93. The topological polar surface area (TPSA) is 133 Å². The smallest absolute Gasteiger partial charge is 0.410 e. The molecule has 40 heavy (non-hydrogen) atoms. The molecule has 0 radical (unpaired) electrons. The molecule has 1 saturated heterocycles. The predicted molar refractivity (Wildman–Crippen MR) is 142 cm³/mol. The Morgan fingerprint density at radius 3 is 2.50 bits per heavy atom. The molecule has 1 aromatic carbocycles. The molecular weight excluding hydrogens is 550 g/mol. The van der Waals surface area contributed by atoms with E-state index in [1.807, 2.05) is 0 Å². The van der Waals surface area contributed by atoms with Gasteiger partial charge in [-0.1, -0.05) is 0 Å². The summed E-state index contributed by atoms with van der Waals surface area (Å²) in [6.07, 6.45) is 0.409. The van der Waals surface area contributed by atoms with Crippen molar-refractivity contribution in [2.75, 3.05) is 29.3 Å². The molecule has 3 rings (SSSR count). The van der Waals surface area contributed by atoms with Crippen LogP contribution in [0.4, 0.5) is 25.0 Å². The minimum Gasteiger partial charge on any atom is -0.755 e. The summed E-state index contributed by atoms with van der Waals surface area (Å²) < 4.78 is 66.9. The molecule has 1 N–H and O–H groups in total. The first-order valence-electron chi connectivity index (χ1n) is 12.6. The minimum atomic E-state index is -3.13. The molecule has 3 atom stereocenters. The van der Waals surface area contributed by atoms with Crippen LogP contribution in [0.2, 0.25) is 0 Å². The molecule has 220 valence electrons. The van der Waals surface area contributed by atoms with Gasteiger partial charge in [-0.05, 0) is 64.8 Å². The Morgan fingerprint density at radius 1 is 1.25 bits per heavy atom. The van der Waals surface area contributed by atoms with Gasteiger partial charge in [0.2, 0.25) is 0 Å². The number of carbonyl (C=O) groups excluding carboxylic acids is 3. The molecule has 11 nitrogen and oxygen atoms in total. The maximum absolute atomic E-state index is 15.8. The van der Waals surface area contributed by atoms with Crippen LogP contribution in [0.1, 0.15) is 50.2 Å². The molecule has 1 fully saturated rings. The van der Waals surface area contributed by atoms with Crippen LogP contribution in [-0.2, 0) is 32.6 Å². The zero-order chi connectivity index (χ0) is 29.9. The molecule has 0 aliphatic carbocycles. The van der Waals surface area contributed by atoms with Crippen LogP contribution in [0.25, 0.3) is 0 Å². The Bertz CT molecular complexity index is 1310. The lowest BCUT2D eigenvalue weighted by Crippen LogP contribution is -2.57. The molecule has 2 aromatic rings. The molecule has 0 spiro atoms. The van der Waals surface area contributed by atoms with E-state index in [0.29, 0.717) is 4.31 Å². The Kier molecular flexibility index (Phi) is 9.56. The number of amides is 2. The Balaban J connectivity index is 2.00. The van der Waals surface area contributed by atoms with Crippen LogP contribution in [0.15, 0.2) is 24.4 Å². The molecule has 1 aromatic heterocycles. The Labute approximate surface area is 233 Å². The van der Waals surface area contributed by atoms with Gasteiger partial charge < -0.3 is 28.8 Å². The molecule has 0 saturated carbocycles. The normalized spacial score (nSPS) is 18.2. The molecule has 3 unspecified atom stereocenters. The van der Waals surface area contributed by atoms with Crippen molar-refractivity contribution in [1.82, 2.24) is 9.47 Å². The first kappa shape index (κ1) is 31.0. The lowest BCUT2D eigenvalue weighted by atomic mass is 9.91. The van der Waals surface area contributed by atoms with E-state index in [1.54, 1.807) is 27.7 Å². The third-order valence-electron chi connectivity index (χ3n) is 6.25. The summed E-state index contributed by atoms with van der Waals surface area (Å²) in [6, 6.07) is 2.56. The first-order chi connectivity index (χ1) is 18.6. The van der Waals surface area contributed by atoms with Gasteiger partial charge in [-0.3, -0.25) is 18.1 Å². The van der Waals surface area contributed by atoms with Crippen molar-refractivity contribution < 1.29 is 41.4 Å². The van der Waals surface area contributed by atoms with Crippen LogP contribution >= 0.6 is 0 Å². The van der Waals surface area contributed by atoms with Crippen molar-refractivity contribution in [2.45, 2.75) is 52.7 Å². The number of aryl methyl sites for hydroxylation is 2. The van der Waals surface area contributed by atoms with Crippen LogP contribution in [-0.4, -0.2) is 67.5 Å². The van der Waals surface area contributed by atoms with E-state index >= 15 is 4.39 Å². The number of hydrogen-bond donors (Lipinski definition) is 1. The van der Waals surface area contributed by atoms with Crippen molar-refractivity contribution in [3.05, 3.63) is 47.3 Å². The third-order valence-corrected chi connectivity index (χ3v) is 7.04. The Morgan fingerprint density at radius 2 is 1.93 bits per heavy atom. The number of rotatable bonds is 7. The van der Waals surface area contributed by atoms with Gasteiger partial charge in [0.25, 0.3) is 5.91 Å². The summed E-state index contributed by atoms with van der Waals surface area (Å²) in [5.41, 5.74) is -1.36. The lowest BCUT2D eigenvalue weighted by Gasteiger charge is -2.43. The van der Waals surface area contributed by atoms with E-state index in [1.165, 1.54) is 31.0 Å². The van der Waals surface area contributed by atoms with Crippen molar-refractivity contribution in [2.24, 2.45) is 13.0 Å². The van der Waals surface area contributed by atoms with Crippen LogP contribution in [0.3, 0.4) is 0 Å². The SMILES string of the molecule is CCOC(=O)C1CCN(C(=O)OC(C)(C)C)CC1N(c1cn(C)c(C(=O)Nc2ccc(F)c(C)c2)c1F)S(=O)[O-]. The molecule has 14 heteroatoms. The highest BCUT2D eigenvalue weighted by atomic mass is 32.2. The fraction of sp³-hybridized carbons (Fsp3) is 0.500. The fourth-order valence-corrected chi connectivity index (χ4v) is 5.18. The van der Waals surface area contributed by atoms with Crippen molar-refractivity contribution in [1.29, 1.82) is 0 Å². The maximum atomic E-state index is 15.8. The monoisotopic (exact) mass is 583 g/mol. The quantitative estimate of drug-likeness (QED) is 0.389. The summed E-state index contributed by atoms with van der Waals surface area (Å²) in [7, 11) is 1.35. The summed E-state index contributed by atoms with van der Waals surface area (Å²) in [4.78, 5) is 39.8. The number of carbonyl (C=O) groups is 3. The number of nitrogens with one attached hydrogen (secondary N) is 1. The summed E-state index contributed by atoms with van der Waals surface area (Å²) >= 11 is -3.13. The molecule has 2 amide bonds. The minimum absolute atomic E-state index is 0.0299. The number of aromatic nitrogens is 1. The predicted octanol–water partition coefficient (Wildman–Crippen LogP) is 3.65. The van der Waals surface area contributed by atoms with Crippen LogP contribution in [0, 0.1) is 24.5 Å². The zero-order valence-corrected chi connectivity index (χ0v) is 24.0. The highest BCUT2D eigenvalue weighted by Gasteiger charge is 2.43. The standard InChI is InChI=1S/C26H34F2N4O7S/c1-7-38-24(34)17-10-11-31(25(35)39-26(3,4)5)14-19(17)32(40(36)37)20-13-30(6)22(21(20)28)23(33)29-16-8-9-18(27)15(2)12-16/h8-9,12-13,17,19H,7,10-11,14H2,1-6H3,(H,29,33)(H,36,37)/p-1. The maximum Gasteiger partial charge on any atom is 0.410 e.